The zero-order valence-electron chi connectivity index (χ0n) is 35.3. The van der Waals surface area contributed by atoms with Gasteiger partial charge in [-0.25, -0.2) is 4.57 Å². The number of nitrogens with zero attached hydrogens (tertiary/aromatic N) is 1. The van der Waals surface area contributed by atoms with E-state index >= 15 is 0 Å². The van der Waals surface area contributed by atoms with E-state index in [-0.39, 0.29) is 26.1 Å². The number of esters is 2. The highest BCUT2D eigenvalue weighted by Gasteiger charge is 2.26. The molecule has 0 aromatic carbocycles. The van der Waals surface area contributed by atoms with E-state index in [0.29, 0.717) is 19.4 Å². The Bertz CT molecular complexity index is 1100. The molecule has 0 spiro atoms. The molecule has 2 atom stereocenters. The van der Waals surface area contributed by atoms with Crippen molar-refractivity contribution >= 4 is 19.8 Å². The maximum Gasteiger partial charge on any atom is 0.472 e. The van der Waals surface area contributed by atoms with Crippen LogP contribution in [0.5, 0.6) is 0 Å². The molecule has 0 aliphatic rings. The molecule has 0 amide bonds. The monoisotopic (exact) mass is 794 g/mol. The molecule has 0 rings (SSSR count). The second-order valence-electron chi connectivity index (χ2n) is 14.5. The van der Waals surface area contributed by atoms with E-state index in [0.717, 1.165) is 44.9 Å². The molecule has 9 nitrogen and oxygen atoms in total. The quantitative estimate of drug-likeness (QED) is 0.0281. The molecule has 1 N–H and O–H groups in total. The highest BCUT2D eigenvalue weighted by atomic mass is 31.2. The number of rotatable bonds is 39. The summed E-state index contributed by atoms with van der Waals surface area (Å²) in [5.74, 6) is -0.900. The first kappa shape index (κ1) is 52.7. The van der Waals surface area contributed by atoms with Crippen molar-refractivity contribution in [2.45, 2.75) is 174 Å². The summed E-state index contributed by atoms with van der Waals surface area (Å²) in [6.45, 7) is 4.20. The van der Waals surface area contributed by atoms with E-state index in [1.807, 2.05) is 31.1 Å². The van der Waals surface area contributed by atoms with Crippen molar-refractivity contribution in [3.63, 3.8) is 0 Å². The Balaban J connectivity index is 4.42. The van der Waals surface area contributed by atoms with Gasteiger partial charge in [-0.2, -0.15) is 0 Å². The normalized spacial score (nSPS) is 14.0. The molecule has 0 aromatic heterocycles. The topological polar surface area (TPSA) is 112 Å². The summed E-state index contributed by atoms with van der Waals surface area (Å²) in [6, 6.07) is 0. The molecule has 2 unspecified atom stereocenters. The smallest absolute Gasteiger partial charge is 0.462 e. The first-order valence-electron chi connectivity index (χ1n) is 21.6. The molecule has 0 aromatic rings. The van der Waals surface area contributed by atoms with E-state index in [1.54, 1.807) is 0 Å². The van der Waals surface area contributed by atoms with Crippen LogP contribution in [0.4, 0.5) is 0 Å². The summed E-state index contributed by atoms with van der Waals surface area (Å²) in [6.07, 6.45) is 45.6. The molecule has 10 heteroatoms. The van der Waals surface area contributed by atoms with E-state index in [1.165, 1.54) is 83.5 Å². The highest BCUT2D eigenvalue weighted by Crippen LogP contribution is 2.43. The molecular formula is C45H80NO8P. The number of carbonyl (C=O) groups excluding carboxylic acids is 2. The van der Waals surface area contributed by atoms with Crippen molar-refractivity contribution in [2.75, 3.05) is 40.5 Å². The van der Waals surface area contributed by atoms with Gasteiger partial charge in [-0.1, -0.05) is 164 Å². The summed E-state index contributed by atoms with van der Waals surface area (Å²) in [5.41, 5.74) is 0. The van der Waals surface area contributed by atoms with Crippen LogP contribution in [0.1, 0.15) is 168 Å². The number of allylic oxidation sites excluding steroid dienone is 10. The third-order valence-corrected chi connectivity index (χ3v) is 9.82. The minimum Gasteiger partial charge on any atom is -0.462 e. The fourth-order valence-electron chi connectivity index (χ4n) is 5.49. The summed E-state index contributed by atoms with van der Waals surface area (Å²) in [7, 11) is -0.743. The predicted octanol–water partition coefficient (Wildman–Crippen LogP) is 12.3. The number of likely N-dealkylation sites (N-methyl/N-ethyl adjacent to an activating group) is 1. The van der Waals surface area contributed by atoms with Gasteiger partial charge < -0.3 is 19.3 Å². The van der Waals surface area contributed by atoms with Gasteiger partial charge in [0.1, 0.15) is 6.61 Å². The standard InChI is InChI=1S/C45H80NO8P/c1-5-7-9-11-13-15-17-19-20-21-22-23-24-26-27-29-31-33-35-37-44(47)51-41-43(42-53-55(49,50)52-40-39-46(3)4)54-45(48)38-36-34-32-30-28-25-18-16-14-12-10-8-6-2/h13,15,19-20,22-23,26-27,31,33,43H,5-12,14,16-18,21,24-25,28-30,32,34-42H2,1-4H3,(H,49,50)/b15-13-,20-19-,23-22-,27-26-,33-31-. The number of carbonyl (C=O) groups is 2. The summed E-state index contributed by atoms with van der Waals surface area (Å²) in [4.78, 5) is 36.9. The van der Waals surface area contributed by atoms with Gasteiger partial charge >= 0.3 is 19.8 Å². The highest BCUT2D eigenvalue weighted by molar-refractivity contribution is 7.47. The summed E-state index contributed by atoms with van der Waals surface area (Å²) in [5, 5.41) is 0. The summed E-state index contributed by atoms with van der Waals surface area (Å²) < 4.78 is 33.3. The lowest BCUT2D eigenvalue weighted by Gasteiger charge is -2.20. The number of hydrogen-bond donors (Lipinski definition) is 1. The van der Waals surface area contributed by atoms with Gasteiger partial charge in [0.25, 0.3) is 0 Å². The van der Waals surface area contributed by atoms with Crippen LogP contribution in [0, 0.1) is 0 Å². The first-order chi connectivity index (χ1) is 26.7. The molecular weight excluding hydrogens is 713 g/mol. The van der Waals surface area contributed by atoms with Crippen molar-refractivity contribution in [1.29, 1.82) is 0 Å². The van der Waals surface area contributed by atoms with Crippen LogP contribution in [0.2, 0.25) is 0 Å². The molecule has 0 heterocycles. The van der Waals surface area contributed by atoms with E-state index in [9.17, 15) is 19.0 Å². The zero-order chi connectivity index (χ0) is 40.5. The van der Waals surface area contributed by atoms with Crippen molar-refractivity contribution in [3.05, 3.63) is 60.8 Å². The maximum absolute atomic E-state index is 12.6. The fourth-order valence-corrected chi connectivity index (χ4v) is 6.23. The Kier molecular flexibility index (Phi) is 38.3. The summed E-state index contributed by atoms with van der Waals surface area (Å²) >= 11 is 0. The van der Waals surface area contributed by atoms with Crippen LogP contribution in [-0.4, -0.2) is 68.3 Å². The minimum atomic E-state index is -4.38. The van der Waals surface area contributed by atoms with Gasteiger partial charge in [-0.3, -0.25) is 18.6 Å². The van der Waals surface area contributed by atoms with Crippen LogP contribution in [0.15, 0.2) is 60.8 Å². The van der Waals surface area contributed by atoms with Crippen molar-refractivity contribution in [1.82, 2.24) is 4.90 Å². The van der Waals surface area contributed by atoms with Gasteiger partial charge in [-0.15, -0.1) is 0 Å². The van der Waals surface area contributed by atoms with Gasteiger partial charge in [0, 0.05) is 19.4 Å². The zero-order valence-corrected chi connectivity index (χ0v) is 36.2. The second-order valence-corrected chi connectivity index (χ2v) is 16.0. The number of hydrogen-bond acceptors (Lipinski definition) is 8. The van der Waals surface area contributed by atoms with Crippen LogP contribution in [0.3, 0.4) is 0 Å². The lowest BCUT2D eigenvalue weighted by Crippen LogP contribution is -2.29. The maximum atomic E-state index is 12.6. The molecule has 0 fully saturated rings. The van der Waals surface area contributed by atoms with Crippen molar-refractivity contribution < 1.29 is 37.6 Å². The van der Waals surface area contributed by atoms with E-state index < -0.39 is 32.5 Å². The molecule has 318 valence electrons. The third-order valence-electron chi connectivity index (χ3n) is 8.84. The lowest BCUT2D eigenvalue weighted by atomic mass is 10.0. The first-order valence-corrected chi connectivity index (χ1v) is 23.1. The molecule has 0 aliphatic heterocycles. The minimum absolute atomic E-state index is 0.00476. The van der Waals surface area contributed by atoms with Crippen LogP contribution >= 0.6 is 7.82 Å². The predicted molar refractivity (Wildman–Crippen MR) is 229 cm³/mol. The van der Waals surface area contributed by atoms with Crippen molar-refractivity contribution in [3.8, 4) is 0 Å². The Hall–Kier alpha value is -2.29. The molecule has 0 aliphatic carbocycles. The number of phosphoric acid groups is 1. The van der Waals surface area contributed by atoms with Crippen LogP contribution < -0.4 is 0 Å². The molecule has 0 radical (unpaired) electrons. The largest absolute Gasteiger partial charge is 0.472 e. The number of unbranched alkanes of at least 4 members (excludes halogenated alkanes) is 15. The van der Waals surface area contributed by atoms with Gasteiger partial charge in [0.15, 0.2) is 6.10 Å². The molecule has 0 bridgehead atoms. The SMILES string of the molecule is CCCCC/C=C\C/C=C\C/C=C\C/C=C\C/C=C\CCC(=O)OCC(COP(=O)(O)OCCN(C)C)OC(=O)CCCCCCCCCCCCCCC. The number of phosphoric ester groups is 1. The van der Waals surface area contributed by atoms with E-state index in [4.69, 9.17) is 18.5 Å². The molecule has 0 saturated heterocycles. The van der Waals surface area contributed by atoms with E-state index in [2.05, 4.69) is 62.5 Å². The third kappa shape index (κ3) is 41.2. The van der Waals surface area contributed by atoms with Crippen LogP contribution in [0.25, 0.3) is 0 Å². The second kappa shape index (κ2) is 39.9. The van der Waals surface area contributed by atoms with Gasteiger partial charge in [0.2, 0.25) is 0 Å². The molecule has 55 heavy (non-hydrogen) atoms. The Morgan fingerprint density at radius 1 is 0.564 bits per heavy atom. The van der Waals surface area contributed by atoms with Crippen LogP contribution in [-0.2, 0) is 32.7 Å². The Labute approximate surface area is 336 Å². The lowest BCUT2D eigenvalue weighted by molar-refractivity contribution is -0.161. The fraction of sp³-hybridized carbons (Fsp3) is 0.733. The number of ether oxygens (including phenoxy) is 2. The average Bonchev–Trinajstić information content (AvgIpc) is 3.15. The Morgan fingerprint density at radius 2 is 1.02 bits per heavy atom. The van der Waals surface area contributed by atoms with Crippen molar-refractivity contribution in [2.24, 2.45) is 0 Å². The Morgan fingerprint density at radius 3 is 1.53 bits per heavy atom. The molecule has 0 saturated carbocycles. The van der Waals surface area contributed by atoms with Gasteiger partial charge in [-0.05, 0) is 65.5 Å². The average molecular weight is 794 g/mol. The van der Waals surface area contributed by atoms with Gasteiger partial charge in [0.05, 0.1) is 13.2 Å².